The van der Waals surface area contributed by atoms with Crippen LogP contribution in [0.4, 0.5) is 5.82 Å². The highest BCUT2D eigenvalue weighted by Gasteiger charge is 2.02. The highest BCUT2D eigenvalue weighted by Crippen LogP contribution is 2.22. The first-order valence-electron chi connectivity index (χ1n) is 4.78. The quantitative estimate of drug-likeness (QED) is 0.638. The number of nitrogens with one attached hydrogen (secondary N) is 1. The fourth-order valence-electron chi connectivity index (χ4n) is 1.13. The lowest BCUT2D eigenvalue weighted by molar-refractivity contribution is 0.749. The third kappa shape index (κ3) is 4.92. The molecule has 15 heavy (non-hydrogen) atoms. The van der Waals surface area contributed by atoms with Crippen molar-refractivity contribution in [3.63, 3.8) is 0 Å². The van der Waals surface area contributed by atoms with Gasteiger partial charge in [0.2, 0.25) is 0 Å². The van der Waals surface area contributed by atoms with Gasteiger partial charge in [0.15, 0.2) is 0 Å². The second kappa shape index (κ2) is 6.41. The van der Waals surface area contributed by atoms with Gasteiger partial charge in [-0.15, -0.1) is 11.6 Å². The summed E-state index contributed by atoms with van der Waals surface area (Å²) in [5.41, 5.74) is 0. The standard InChI is InChI=1S/C10H13Cl3N2/c1-7(11)3-2-4-14-10-9(13)5-8(12)6-15-10/h5-7H,2-4H2,1H3,(H,14,15). The molecule has 1 rings (SSSR count). The summed E-state index contributed by atoms with van der Waals surface area (Å²) in [6, 6.07) is 1.67. The number of hydrogen-bond donors (Lipinski definition) is 1. The third-order valence-corrected chi connectivity index (χ3v) is 2.59. The second-order valence-electron chi connectivity index (χ2n) is 3.33. The largest absolute Gasteiger partial charge is 0.369 e. The lowest BCUT2D eigenvalue weighted by Gasteiger charge is -2.07. The average molecular weight is 268 g/mol. The summed E-state index contributed by atoms with van der Waals surface area (Å²) in [7, 11) is 0. The van der Waals surface area contributed by atoms with Crippen LogP contribution in [0.15, 0.2) is 12.3 Å². The van der Waals surface area contributed by atoms with Gasteiger partial charge in [-0.05, 0) is 25.8 Å². The number of halogens is 3. The van der Waals surface area contributed by atoms with Crippen LogP contribution in [0.1, 0.15) is 19.8 Å². The molecule has 0 amide bonds. The van der Waals surface area contributed by atoms with E-state index in [0.717, 1.165) is 19.4 Å². The van der Waals surface area contributed by atoms with Crippen molar-refractivity contribution in [2.45, 2.75) is 25.1 Å². The molecule has 5 heteroatoms. The molecule has 0 aliphatic carbocycles. The zero-order valence-corrected chi connectivity index (χ0v) is 10.7. The molecule has 0 aromatic carbocycles. The minimum Gasteiger partial charge on any atom is -0.369 e. The molecule has 0 fully saturated rings. The molecule has 0 radical (unpaired) electrons. The van der Waals surface area contributed by atoms with Crippen LogP contribution in [-0.2, 0) is 0 Å². The predicted molar refractivity (Wildman–Crippen MR) is 67.3 cm³/mol. The summed E-state index contributed by atoms with van der Waals surface area (Å²) in [6.45, 7) is 2.79. The van der Waals surface area contributed by atoms with Crippen LogP contribution >= 0.6 is 34.8 Å². The molecule has 1 aromatic heterocycles. The molecule has 1 aromatic rings. The maximum absolute atomic E-state index is 5.94. The lowest BCUT2D eigenvalue weighted by atomic mass is 10.2. The van der Waals surface area contributed by atoms with E-state index in [0.29, 0.717) is 15.9 Å². The van der Waals surface area contributed by atoms with E-state index in [9.17, 15) is 0 Å². The van der Waals surface area contributed by atoms with Crippen LogP contribution in [0.3, 0.4) is 0 Å². The second-order valence-corrected chi connectivity index (χ2v) is 4.92. The SMILES string of the molecule is CC(Cl)CCCNc1ncc(Cl)cc1Cl. The summed E-state index contributed by atoms with van der Waals surface area (Å²) in [5.74, 6) is 0.670. The Labute approximate surface area is 105 Å². The van der Waals surface area contributed by atoms with E-state index < -0.39 is 0 Å². The summed E-state index contributed by atoms with van der Waals surface area (Å²) >= 11 is 17.5. The Kier molecular flexibility index (Phi) is 5.51. The smallest absolute Gasteiger partial charge is 0.144 e. The molecule has 0 saturated carbocycles. The van der Waals surface area contributed by atoms with Gasteiger partial charge in [-0.3, -0.25) is 0 Å². The van der Waals surface area contributed by atoms with E-state index in [1.165, 1.54) is 0 Å². The molecule has 0 saturated heterocycles. The number of nitrogens with zero attached hydrogens (tertiary/aromatic N) is 1. The van der Waals surface area contributed by atoms with E-state index in [-0.39, 0.29) is 5.38 Å². The lowest BCUT2D eigenvalue weighted by Crippen LogP contribution is -2.05. The molecule has 0 aliphatic heterocycles. The summed E-state index contributed by atoms with van der Waals surface area (Å²) < 4.78 is 0. The van der Waals surface area contributed by atoms with Gasteiger partial charge in [-0.1, -0.05) is 23.2 Å². The van der Waals surface area contributed by atoms with Crippen molar-refractivity contribution in [2.75, 3.05) is 11.9 Å². The first-order chi connectivity index (χ1) is 7.09. The summed E-state index contributed by atoms with van der Waals surface area (Å²) in [6.07, 6.45) is 3.53. The maximum atomic E-state index is 5.94. The van der Waals surface area contributed by atoms with Crippen LogP contribution < -0.4 is 5.32 Å². The fraction of sp³-hybridized carbons (Fsp3) is 0.500. The van der Waals surface area contributed by atoms with E-state index >= 15 is 0 Å². The minimum absolute atomic E-state index is 0.209. The van der Waals surface area contributed by atoms with Crippen molar-refractivity contribution in [3.05, 3.63) is 22.3 Å². The van der Waals surface area contributed by atoms with Gasteiger partial charge in [0.1, 0.15) is 5.82 Å². The molecule has 0 spiro atoms. The zero-order valence-electron chi connectivity index (χ0n) is 8.43. The number of pyridine rings is 1. The van der Waals surface area contributed by atoms with E-state index in [4.69, 9.17) is 34.8 Å². The molecule has 1 heterocycles. The molecule has 2 nitrogen and oxygen atoms in total. The van der Waals surface area contributed by atoms with Crippen molar-refractivity contribution >= 4 is 40.6 Å². The van der Waals surface area contributed by atoms with Crippen molar-refractivity contribution < 1.29 is 0 Å². The molecule has 0 bridgehead atoms. The Morgan fingerprint density at radius 3 is 2.80 bits per heavy atom. The van der Waals surface area contributed by atoms with Gasteiger partial charge in [-0.25, -0.2) is 4.98 Å². The van der Waals surface area contributed by atoms with E-state index in [1.807, 2.05) is 6.92 Å². The Morgan fingerprint density at radius 1 is 1.47 bits per heavy atom. The Bertz CT molecular complexity index is 316. The molecule has 0 aliphatic rings. The van der Waals surface area contributed by atoms with Gasteiger partial charge >= 0.3 is 0 Å². The Hall–Kier alpha value is -0.180. The van der Waals surface area contributed by atoms with Crippen LogP contribution in [-0.4, -0.2) is 16.9 Å². The molecule has 1 atom stereocenters. The van der Waals surface area contributed by atoms with Crippen molar-refractivity contribution in [2.24, 2.45) is 0 Å². The molecular weight excluding hydrogens is 254 g/mol. The van der Waals surface area contributed by atoms with Crippen molar-refractivity contribution in [1.29, 1.82) is 0 Å². The van der Waals surface area contributed by atoms with Gasteiger partial charge < -0.3 is 5.32 Å². The highest BCUT2D eigenvalue weighted by molar-refractivity contribution is 6.35. The number of aromatic nitrogens is 1. The van der Waals surface area contributed by atoms with Crippen LogP contribution in [0.2, 0.25) is 10.0 Å². The first-order valence-corrected chi connectivity index (χ1v) is 5.98. The fourth-order valence-corrected chi connectivity index (χ4v) is 1.74. The van der Waals surface area contributed by atoms with Crippen LogP contribution in [0, 0.1) is 0 Å². The summed E-state index contributed by atoms with van der Waals surface area (Å²) in [5, 5.41) is 4.43. The predicted octanol–water partition coefficient (Wildman–Crippen LogP) is 4.21. The van der Waals surface area contributed by atoms with Crippen molar-refractivity contribution in [1.82, 2.24) is 4.98 Å². The molecule has 1 N–H and O–H groups in total. The number of hydrogen-bond acceptors (Lipinski definition) is 2. The van der Waals surface area contributed by atoms with Gasteiger partial charge in [0.05, 0.1) is 10.0 Å². The molecule has 1 unspecified atom stereocenters. The van der Waals surface area contributed by atoms with E-state index in [2.05, 4.69) is 10.3 Å². The first kappa shape index (κ1) is 12.9. The third-order valence-electron chi connectivity index (χ3n) is 1.88. The Balaban J connectivity index is 2.37. The maximum Gasteiger partial charge on any atom is 0.144 e. The highest BCUT2D eigenvalue weighted by atomic mass is 35.5. The average Bonchev–Trinajstić information content (AvgIpc) is 2.14. The normalized spacial score (nSPS) is 12.5. The van der Waals surface area contributed by atoms with Crippen LogP contribution in [0.5, 0.6) is 0 Å². The topological polar surface area (TPSA) is 24.9 Å². The zero-order chi connectivity index (χ0) is 11.3. The van der Waals surface area contributed by atoms with Crippen LogP contribution in [0.25, 0.3) is 0 Å². The summed E-state index contributed by atoms with van der Waals surface area (Å²) in [4.78, 5) is 4.09. The van der Waals surface area contributed by atoms with Gasteiger partial charge in [0, 0.05) is 18.1 Å². The minimum atomic E-state index is 0.209. The number of alkyl halides is 1. The molecular formula is C10H13Cl3N2. The van der Waals surface area contributed by atoms with E-state index in [1.54, 1.807) is 12.3 Å². The van der Waals surface area contributed by atoms with Crippen molar-refractivity contribution in [3.8, 4) is 0 Å². The van der Waals surface area contributed by atoms with Gasteiger partial charge in [0.25, 0.3) is 0 Å². The number of rotatable bonds is 5. The Morgan fingerprint density at radius 2 is 2.20 bits per heavy atom. The monoisotopic (exact) mass is 266 g/mol. The van der Waals surface area contributed by atoms with Gasteiger partial charge in [-0.2, -0.15) is 0 Å². The molecule has 84 valence electrons. The number of anilines is 1.